The van der Waals surface area contributed by atoms with Crippen LogP contribution in [0, 0.1) is 0 Å². The molecule has 3 rings (SSSR count). The molecule has 0 atom stereocenters. The van der Waals surface area contributed by atoms with E-state index in [0.717, 1.165) is 11.1 Å². The molecule has 0 aliphatic carbocycles. The summed E-state index contributed by atoms with van der Waals surface area (Å²) < 4.78 is 3.40. The number of benzene rings is 1. The van der Waals surface area contributed by atoms with Crippen molar-refractivity contribution in [1.82, 2.24) is 19.6 Å². The number of rotatable bonds is 5. The molecule has 0 aliphatic heterocycles. The van der Waals surface area contributed by atoms with Crippen LogP contribution >= 0.6 is 11.6 Å². The summed E-state index contributed by atoms with van der Waals surface area (Å²) >= 11 is 5.89. The predicted molar refractivity (Wildman–Crippen MR) is 93.7 cm³/mol. The summed E-state index contributed by atoms with van der Waals surface area (Å²) in [6.45, 7) is 0.548. The van der Waals surface area contributed by atoms with E-state index in [4.69, 9.17) is 11.6 Å². The lowest BCUT2D eigenvalue weighted by Gasteiger charge is -2.08. The van der Waals surface area contributed by atoms with Crippen LogP contribution in [-0.2, 0) is 18.4 Å². The fourth-order valence-corrected chi connectivity index (χ4v) is 2.32. The Bertz CT molecular complexity index is 863. The molecule has 0 aliphatic rings. The SMILES string of the molecule is Cn1cc(/C=C/C(=O)Nc2ccnn2Cc2ccc(Cl)cc2)cn1. The molecule has 6 nitrogen and oxygen atoms in total. The molecule has 1 amide bonds. The van der Waals surface area contributed by atoms with Crippen LogP contribution in [0.25, 0.3) is 6.08 Å². The van der Waals surface area contributed by atoms with Crippen molar-refractivity contribution < 1.29 is 4.79 Å². The summed E-state index contributed by atoms with van der Waals surface area (Å²) in [4.78, 5) is 12.1. The Morgan fingerprint density at radius 3 is 2.75 bits per heavy atom. The minimum absolute atomic E-state index is 0.225. The zero-order valence-corrected chi connectivity index (χ0v) is 13.8. The maximum atomic E-state index is 12.1. The van der Waals surface area contributed by atoms with Crippen LogP contribution in [0.1, 0.15) is 11.1 Å². The van der Waals surface area contributed by atoms with E-state index in [-0.39, 0.29) is 5.91 Å². The van der Waals surface area contributed by atoms with Crippen LogP contribution in [0.5, 0.6) is 0 Å². The van der Waals surface area contributed by atoms with Crippen molar-refractivity contribution in [3.05, 3.63) is 71.1 Å². The van der Waals surface area contributed by atoms with Gasteiger partial charge in [0.2, 0.25) is 5.91 Å². The van der Waals surface area contributed by atoms with Gasteiger partial charge in [0.05, 0.1) is 18.9 Å². The molecule has 3 aromatic rings. The third kappa shape index (κ3) is 4.11. The third-order valence-electron chi connectivity index (χ3n) is 3.37. The van der Waals surface area contributed by atoms with E-state index in [2.05, 4.69) is 15.5 Å². The number of anilines is 1. The standard InChI is InChI=1S/C17H16ClN5O/c1-22-11-14(10-20-22)4-7-17(24)21-16-8-9-19-23(16)12-13-2-5-15(18)6-3-13/h2-11H,12H2,1H3,(H,21,24)/b7-4+. The van der Waals surface area contributed by atoms with Gasteiger partial charge in [-0.2, -0.15) is 10.2 Å². The molecular weight excluding hydrogens is 326 g/mol. The molecule has 0 spiro atoms. The van der Waals surface area contributed by atoms with E-state index in [1.54, 1.807) is 33.9 Å². The van der Waals surface area contributed by atoms with Gasteiger partial charge in [-0.3, -0.25) is 9.48 Å². The summed E-state index contributed by atoms with van der Waals surface area (Å²) in [5, 5.41) is 11.8. The second-order valence-electron chi connectivity index (χ2n) is 5.27. The third-order valence-corrected chi connectivity index (χ3v) is 3.62. The Labute approximate surface area is 144 Å². The lowest BCUT2D eigenvalue weighted by atomic mass is 10.2. The molecule has 2 aromatic heterocycles. The normalized spacial score (nSPS) is 11.1. The Morgan fingerprint density at radius 1 is 1.25 bits per heavy atom. The summed E-state index contributed by atoms with van der Waals surface area (Å²) in [5.41, 5.74) is 1.91. The number of hydrogen-bond donors (Lipinski definition) is 1. The first kappa shape index (κ1) is 16.0. The van der Waals surface area contributed by atoms with E-state index in [1.165, 1.54) is 6.08 Å². The van der Waals surface area contributed by atoms with Crippen LogP contribution in [0.15, 0.2) is 55.0 Å². The molecule has 0 bridgehead atoms. The fourth-order valence-electron chi connectivity index (χ4n) is 2.19. The highest BCUT2D eigenvalue weighted by molar-refractivity contribution is 6.30. The van der Waals surface area contributed by atoms with Gasteiger partial charge in [-0.05, 0) is 23.8 Å². The molecule has 1 aromatic carbocycles. The molecular formula is C17H16ClN5O. The van der Waals surface area contributed by atoms with Gasteiger partial charge in [-0.15, -0.1) is 0 Å². The van der Waals surface area contributed by atoms with Crippen LogP contribution in [-0.4, -0.2) is 25.5 Å². The van der Waals surface area contributed by atoms with Crippen molar-refractivity contribution in [2.24, 2.45) is 7.05 Å². The summed E-state index contributed by atoms with van der Waals surface area (Å²) in [6, 6.07) is 9.27. The van der Waals surface area contributed by atoms with Crippen molar-refractivity contribution in [3.63, 3.8) is 0 Å². The molecule has 0 fully saturated rings. The molecule has 0 saturated carbocycles. The summed E-state index contributed by atoms with van der Waals surface area (Å²) in [7, 11) is 1.83. The first-order chi connectivity index (χ1) is 11.6. The van der Waals surface area contributed by atoms with Gasteiger partial charge in [0, 0.05) is 36.0 Å². The molecule has 0 saturated heterocycles. The van der Waals surface area contributed by atoms with E-state index in [1.807, 2.05) is 37.5 Å². The number of hydrogen-bond acceptors (Lipinski definition) is 3. The maximum Gasteiger partial charge on any atom is 0.249 e. The van der Waals surface area contributed by atoms with Gasteiger partial charge in [0.25, 0.3) is 0 Å². The van der Waals surface area contributed by atoms with Crippen LogP contribution in [0.2, 0.25) is 5.02 Å². The molecule has 7 heteroatoms. The number of aryl methyl sites for hydroxylation is 1. The second-order valence-corrected chi connectivity index (χ2v) is 5.71. The summed E-state index contributed by atoms with van der Waals surface area (Å²) in [6.07, 6.45) is 8.35. The van der Waals surface area contributed by atoms with Crippen molar-refractivity contribution in [1.29, 1.82) is 0 Å². The number of amides is 1. The molecule has 0 unspecified atom stereocenters. The Hall–Kier alpha value is -2.86. The first-order valence-electron chi connectivity index (χ1n) is 7.34. The minimum Gasteiger partial charge on any atom is -0.307 e. The highest BCUT2D eigenvalue weighted by Crippen LogP contribution is 2.13. The second kappa shape index (κ2) is 7.14. The van der Waals surface area contributed by atoms with Crippen LogP contribution in [0.4, 0.5) is 5.82 Å². The average molecular weight is 342 g/mol. The van der Waals surface area contributed by atoms with Gasteiger partial charge in [0.15, 0.2) is 0 Å². The Balaban J connectivity index is 1.65. The van der Waals surface area contributed by atoms with Gasteiger partial charge in [-0.1, -0.05) is 23.7 Å². The van der Waals surface area contributed by atoms with Crippen molar-refractivity contribution >= 4 is 29.4 Å². The highest BCUT2D eigenvalue weighted by Gasteiger charge is 2.06. The molecule has 0 radical (unpaired) electrons. The van der Waals surface area contributed by atoms with E-state index < -0.39 is 0 Å². The lowest BCUT2D eigenvalue weighted by Crippen LogP contribution is -2.13. The van der Waals surface area contributed by atoms with E-state index >= 15 is 0 Å². The zero-order chi connectivity index (χ0) is 16.9. The van der Waals surface area contributed by atoms with Crippen molar-refractivity contribution in [2.45, 2.75) is 6.54 Å². The number of nitrogens with zero attached hydrogens (tertiary/aromatic N) is 4. The largest absolute Gasteiger partial charge is 0.307 e. The van der Waals surface area contributed by atoms with Crippen LogP contribution in [0.3, 0.4) is 0 Å². The molecule has 2 heterocycles. The molecule has 122 valence electrons. The van der Waals surface area contributed by atoms with Crippen LogP contribution < -0.4 is 5.32 Å². The van der Waals surface area contributed by atoms with Crippen molar-refractivity contribution in [2.75, 3.05) is 5.32 Å². The van der Waals surface area contributed by atoms with Gasteiger partial charge >= 0.3 is 0 Å². The van der Waals surface area contributed by atoms with Gasteiger partial charge in [0.1, 0.15) is 5.82 Å². The van der Waals surface area contributed by atoms with Crippen molar-refractivity contribution in [3.8, 4) is 0 Å². The number of carbonyl (C=O) groups is 1. The first-order valence-corrected chi connectivity index (χ1v) is 7.72. The highest BCUT2D eigenvalue weighted by atomic mass is 35.5. The number of nitrogens with one attached hydrogen (secondary N) is 1. The predicted octanol–water partition coefficient (Wildman–Crippen LogP) is 2.97. The molecule has 24 heavy (non-hydrogen) atoms. The fraction of sp³-hybridized carbons (Fsp3) is 0.118. The average Bonchev–Trinajstić information content (AvgIpc) is 3.17. The minimum atomic E-state index is -0.225. The number of halogens is 1. The number of aromatic nitrogens is 4. The maximum absolute atomic E-state index is 12.1. The summed E-state index contributed by atoms with van der Waals surface area (Å²) in [5.74, 6) is 0.405. The van der Waals surface area contributed by atoms with Gasteiger partial charge in [-0.25, -0.2) is 4.68 Å². The Morgan fingerprint density at radius 2 is 2.04 bits per heavy atom. The van der Waals surface area contributed by atoms with Gasteiger partial charge < -0.3 is 5.32 Å². The quantitative estimate of drug-likeness (QED) is 0.726. The zero-order valence-electron chi connectivity index (χ0n) is 13.1. The number of carbonyl (C=O) groups excluding carboxylic acids is 1. The smallest absolute Gasteiger partial charge is 0.249 e. The lowest BCUT2D eigenvalue weighted by molar-refractivity contribution is -0.111. The monoisotopic (exact) mass is 341 g/mol. The van der Waals surface area contributed by atoms with E-state index in [9.17, 15) is 4.79 Å². The Kier molecular flexibility index (Phi) is 4.77. The topological polar surface area (TPSA) is 64.7 Å². The van der Waals surface area contributed by atoms with E-state index in [0.29, 0.717) is 17.4 Å². The molecule has 1 N–H and O–H groups in total.